The molecule has 0 atom stereocenters. The van der Waals surface area contributed by atoms with E-state index < -0.39 is 11.9 Å². The summed E-state index contributed by atoms with van der Waals surface area (Å²) >= 11 is 0. The fourth-order valence-corrected chi connectivity index (χ4v) is 0.785. The van der Waals surface area contributed by atoms with Crippen LogP contribution in [-0.4, -0.2) is 22.2 Å². The zero-order valence-corrected chi connectivity index (χ0v) is 9.69. The monoisotopic (exact) mass is 274 g/mol. The summed E-state index contributed by atoms with van der Waals surface area (Å²) in [6.07, 6.45) is 0. The van der Waals surface area contributed by atoms with Crippen molar-refractivity contribution in [3.63, 3.8) is 0 Å². The van der Waals surface area contributed by atoms with Crippen LogP contribution >= 0.6 is 37.2 Å². The van der Waals surface area contributed by atoms with Crippen LogP contribution in [0, 0.1) is 0 Å². The predicted octanol–water partition coefficient (Wildman–Crippen LogP) is 2.35. The van der Waals surface area contributed by atoms with Gasteiger partial charge in [-0.05, 0) is 18.2 Å². The fourth-order valence-electron chi connectivity index (χ4n) is 0.785. The third-order valence-corrected chi connectivity index (χ3v) is 1.36. The van der Waals surface area contributed by atoms with E-state index in [-0.39, 0.29) is 48.3 Å². The van der Waals surface area contributed by atoms with Crippen molar-refractivity contribution >= 4 is 49.2 Å². The van der Waals surface area contributed by atoms with Gasteiger partial charge in [-0.3, -0.25) is 0 Å². The second kappa shape index (κ2) is 8.35. The van der Waals surface area contributed by atoms with Gasteiger partial charge in [-0.15, -0.1) is 37.2 Å². The Bertz CT molecular complexity index is 311. The van der Waals surface area contributed by atoms with Gasteiger partial charge in [-0.25, -0.2) is 9.59 Å². The first-order valence-corrected chi connectivity index (χ1v) is 3.18. The topological polar surface area (TPSA) is 74.6 Å². The van der Waals surface area contributed by atoms with Gasteiger partial charge in [0.2, 0.25) is 0 Å². The third-order valence-electron chi connectivity index (χ3n) is 1.36. The van der Waals surface area contributed by atoms with Crippen molar-refractivity contribution in [1.82, 2.24) is 0 Å². The Labute approximate surface area is 105 Å². The molecule has 0 spiro atoms. The number of carboxylic acid groups (broad SMARTS) is 2. The summed E-state index contributed by atoms with van der Waals surface area (Å²) in [6.45, 7) is 0. The predicted molar refractivity (Wildman–Crippen MR) is 62.1 cm³/mol. The molecule has 0 saturated carbocycles. The summed E-state index contributed by atoms with van der Waals surface area (Å²) in [5.74, 6) is -2.25. The summed E-state index contributed by atoms with van der Waals surface area (Å²) in [5, 5.41) is 17.0. The number of benzene rings is 1. The van der Waals surface area contributed by atoms with Crippen LogP contribution in [0.2, 0.25) is 0 Å². The molecule has 0 radical (unpaired) electrons. The molecule has 0 amide bonds. The molecule has 0 aromatic heterocycles. The molecular formula is C8H9Cl3O4. The lowest BCUT2D eigenvalue weighted by Gasteiger charge is -1.95. The molecule has 0 fully saturated rings. The lowest BCUT2D eigenvalue weighted by molar-refractivity contribution is 0.0696. The maximum Gasteiger partial charge on any atom is 0.335 e. The molecule has 0 unspecified atom stereocenters. The van der Waals surface area contributed by atoms with Crippen LogP contribution in [0.3, 0.4) is 0 Å². The second-order valence-corrected chi connectivity index (χ2v) is 2.19. The highest BCUT2D eigenvalue weighted by Gasteiger charge is 2.06. The van der Waals surface area contributed by atoms with E-state index in [1.807, 2.05) is 0 Å². The Kier molecular flexibility index (Phi) is 10.9. The first-order chi connectivity index (χ1) is 5.61. The summed E-state index contributed by atoms with van der Waals surface area (Å²) in [4.78, 5) is 20.8. The number of hydrogen-bond donors (Lipinski definition) is 2. The SMILES string of the molecule is Cl.Cl.Cl.O=C(O)c1cccc(C(=O)O)c1. The van der Waals surface area contributed by atoms with Crippen molar-refractivity contribution in [2.45, 2.75) is 0 Å². The first kappa shape index (κ1) is 19.6. The van der Waals surface area contributed by atoms with Gasteiger partial charge in [0, 0.05) is 0 Å². The lowest BCUT2D eigenvalue weighted by Crippen LogP contribution is -2.01. The van der Waals surface area contributed by atoms with Gasteiger partial charge >= 0.3 is 11.9 Å². The van der Waals surface area contributed by atoms with Crippen LogP contribution in [0.1, 0.15) is 20.7 Å². The molecule has 7 heteroatoms. The second-order valence-electron chi connectivity index (χ2n) is 2.19. The summed E-state index contributed by atoms with van der Waals surface area (Å²) < 4.78 is 0. The Morgan fingerprint density at radius 1 is 0.867 bits per heavy atom. The Hall–Kier alpha value is -0.970. The lowest BCUT2D eigenvalue weighted by atomic mass is 10.1. The van der Waals surface area contributed by atoms with Gasteiger partial charge in [-0.1, -0.05) is 6.07 Å². The zero-order valence-electron chi connectivity index (χ0n) is 7.25. The minimum Gasteiger partial charge on any atom is -0.478 e. The average molecular weight is 276 g/mol. The smallest absolute Gasteiger partial charge is 0.335 e. The average Bonchev–Trinajstić information content (AvgIpc) is 2.04. The van der Waals surface area contributed by atoms with E-state index in [4.69, 9.17) is 10.2 Å². The minimum absolute atomic E-state index is 0. The zero-order chi connectivity index (χ0) is 9.14. The van der Waals surface area contributed by atoms with Crippen molar-refractivity contribution in [3.8, 4) is 0 Å². The Morgan fingerprint density at radius 3 is 1.47 bits per heavy atom. The van der Waals surface area contributed by atoms with Crippen LogP contribution in [-0.2, 0) is 0 Å². The quantitative estimate of drug-likeness (QED) is 0.869. The van der Waals surface area contributed by atoms with Gasteiger partial charge in [0.15, 0.2) is 0 Å². The molecule has 1 aromatic carbocycles. The molecule has 0 bridgehead atoms. The van der Waals surface area contributed by atoms with E-state index in [1.165, 1.54) is 18.2 Å². The van der Waals surface area contributed by atoms with Crippen LogP contribution in [0.25, 0.3) is 0 Å². The molecule has 0 aliphatic carbocycles. The van der Waals surface area contributed by atoms with Gasteiger partial charge in [0.25, 0.3) is 0 Å². The van der Waals surface area contributed by atoms with Crippen molar-refractivity contribution in [1.29, 1.82) is 0 Å². The molecular weight excluding hydrogens is 266 g/mol. The minimum atomic E-state index is -1.13. The largest absolute Gasteiger partial charge is 0.478 e. The summed E-state index contributed by atoms with van der Waals surface area (Å²) in [6, 6.07) is 5.20. The summed E-state index contributed by atoms with van der Waals surface area (Å²) in [7, 11) is 0. The molecule has 2 N–H and O–H groups in total. The maximum atomic E-state index is 10.4. The normalized spacial score (nSPS) is 7.47. The van der Waals surface area contributed by atoms with Crippen molar-refractivity contribution in [3.05, 3.63) is 35.4 Å². The molecule has 0 aliphatic rings. The van der Waals surface area contributed by atoms with E-state index >= 15 is 0 Å². The number of hydrogen-bond acceptors (Lipinski definition) is 2. The summed E-state index contributed by atoms with van der Waals surface area (Å²) in [5.41, 5.74) is -0.0372. The van der Waals surface area contributed by atoms with Gasteiger partial charge in [-0.2, -0.15) is 0 Å². The molecule has 0 saturated heterocycles. The first-order valence-electron chi connectivity index (χ1n) is 3.18. The molecule has 0 aliphatic heterocycles. The number of aromatic carboxylic acids is 2. The van der Waals surface area contributed by atoms with Crippen molar-refractivity contribution in [2.24, 2.45) is 0 Å². The number of carboxylic acids is 2. The van der Waals surface area contributed by atoms with Gasteiger partial charge in [0.05, 0.1) is 11.1 Å². The standard InChI is InChI=1S/C8H6O4.3ClH/c9-7(10)5-2-1-3-6(4-5)8(11)12;;;/h1-4H,(H,9,10)(H,11,12);3*1H. The van der Waals surface area contributed by atoms with Crippen LogP contribution in [0.15, 0.2) is 24.3 Å². The molecule has 15 heavy (non-hydrogen) atoms. The number of carbonyl (C=O) groups is 2. The fraction of sp³-hybridized carbons (Fsp3) is 0. The van der Waals surface area contributed by atoms with Crippen LogP contribution < -0.4 is 0 Å². The van der Waals surface area contributed by atoms with Crippen molar-refractivity contribution < 1.29 is 19.8 Å². The van der Waals surface area contributed by atoms with E-state index in [2.05, 4.69) is 0 Å². The highest BCUT2D eigenvalue weighted by molar-refractivity contribution is 5.93. The van der Waals surface area contributed by atoms with E-state index in [0.717, 1.165) is 6.07 Å². The van der Waals surface area contributed by atoms with E-state index in [1.54, 1.807) is 0 Å². The number of rotatable bonds is 2. The molecule has 0 heterocycles. The molecule has 1 aromatic rings. The highest BCUT2D eigenvalue weighted by Crippen LogP contribution is 2.04. The van der Waals surface area contributed by atoms with Gasteiger partial charge in [0.1, 0.15) is 0 Å². The Morgan fingerprint density at radius 2 is 1.20 bits per heavy atom. The molecule has 1 rings (SSSR count). The van der Waals surface area contributed by atoms with Crippen LogP contribution in [0.5, 0.6) is 0 Å². The maximum absolute atomic E-state index is 10.4. The van der Waals surface area contributed by atoms with E-state index in [9.17, 15) is 9.59 Å². The molecule has 86 valence electrons. The van der Waals surface area contributed by atoms with Crippen molar-refractivity contribution in [2.75, 3.05) is 0 Å². The highest BCUT2D eigenvalue weighted by atomic mass is 35.5. The van der Waals surface area contributed by atoms with Crippen LogP contribution in [0.4, 0.5) is 0 Å². The van der Waals surface area contributed by atoms with Gasteiger partial charge < -0.3 is 10.2 Å². The molecule has 4 nitrogen and oxygen atoms in total. The third kappa shape index (κ3) is 5.47. The Balaban J connectivity index is -0.000000480. The number of halogens is 3. The van der Waals surface area contributed by atoms with E-state index in [0.29, 0.717) is 0 Å².